The summed E-state index contributed by atoms with van der Waals surface area (Å²) in [4.78, 5) is 9.07. The zero-order valence-electron chi connectivity index (χ0n) is 18.9. The highest BCUT2D eigenvalue weighted by Crippen LogP contribution is 2.41. The van der Waals surface area contributed by atoms with Crippen LogP contribution >= 0.6 is 0 Å². The summed E-state index contributed by atoms with van der Waals surface area (Å²) in [5.41, 5.74) is 2.89. The molecule has 10 nitrogen and oxygen atoms in total. The number of nitrogens with zero attached hydrogens (tertiary/aromatic N) is 3. The van der Waals surface area contributed by atoms with Gasteiger partial charge in [-0.15, -0.1) is 0 Å². The SMILES string of the molecule is COC[C@]1(Nc2ncnc3c2ccn3[C@H]2C[C@H](CNS(=O)(=O)O)[C@H](O)C2)CCc2ccccc21. The molecule has 5 rings (SSSR count). The Morgan fingerprint density at radius 1 is 1.24 bits per heavy atom. The van der Waals surface area contributed by atoms with Crippen molar-refractivity contribution in [3.63, 3.8) is 0 Å². The molecule has 1 saturated carbocycles. The number of aliphatic hydroxyl groups excluding tert-OH is 1. The third kappa shape index (κ3) is 4.29. The van der Waals surface area contributed by atoms with E-state index in [4.69, 9.17) is 9.29 Å². The zero-order chi connectivity index (χ0) is 23.9. The maximum atomic E-state index is 11.0. The highest BCUT2D eigenvalue weighted by molar-refractivity contribution is 7.83. The molecule has 0 spiro atoms. The zero-order valence-corrected chi connectivity index (χ0v) is 19.7. The Morgan fingerprint density at radius 3 is 2.85 bits per heavy atom. The minimum Gasteiger partial charge on any atom is -0.393 e. The Bertz CT molecular complexity index is 1290. The van der Waals surface area contributed by atoms with Crippen LogP contribution in [0.5, 0.6) is 0 Å². The molecule has 182 valence electrons. The van der Waals surface area contributed by atoms with E-state index in [0.717, 1.165) is 29.7 Å². The fourth-order valence-corrected chi connectivity index (χ4v) is 6.00. The molecule has 1 fully saturated rings. The van der Waals surface area contributed by atoms with E-state index in [1.54, 1.807) is 7.11 Å². The van der Waals surface area contributed by atoms with Crippen LogP contribution in [0.15, 0.2) is 42.9 Å². The first kappa shape index (κ1) is 23.2. The van der Waals surface area contributed by atoms with Crippen LogP contribution in [0.1, 0.15) is 36.4 Å². The molecule has 0 aliphatic heterocycles. The maximum Gasteiger partial charge on any atom is 0.333 e. The lowest BCUT2D eigenvalue weighted by Gasteiger charge is -2.32. The summed E-state index contributed by atoms with van der Waals surface area (Å²) < 4.78 is 40.8. The van der Waals surface area contributed by atoms with Crippen molar-refractivity contribution in [1.82, 2.24) is 19.3 Å². The number of methoxy groups -OCH3 is 1. The van der Waals surface area contributed by atoms with Crippen LogP contribution in [0, 0.1) is 5.92 Å². The van der Waals surface area contributed by atoms with Crippen molar-refractivity contribution >= 4 is 27.2 Å². The van der Waals surface area contributed by atoms with Gasteiger partial charge in [0.25, 0.3) is 0 Å². The average Bonchev–Trinajstić information content (AvgIpc) is 3.49. The third-order valence-electron chi connectivity index (χ3n) is 7.17. The lowest BCUT2D eigenvalue weighted by atomic mass is 9.92. The van der Waals surface area contributed by atoms with Gasteiger partial charge in [0.05, 0.1) is 23.6 Å². The smallest absolute Gasteiger partial charge is 0.333 e. The molecule has 0 saturated heterocycles. The van der Waals surface area contributed by atoms with Gasteiger partial charge in [0.2, 0.25) is 0 Å². The number of anilines is 1. The standard InChI is InChI=1S/C23H29N5O5S/c1-33-13-23(8-6-15-4-2-3-5-19(15)23)27-21-18-7-9-28(22(18)25-14-24-21)17-10-16(20(29)11-17)12-26-34(30,31)32/h2-5,7,9,14,16-17,20,26,29H,6,8,10-13H2,1H3,(H,24,25,27)(H,30,31,32)/t16-,17+,20-,23-/m1/s1. The maximum absolute atomic E-state index is 11.0. The molecule has 0 bridgehead atoms. The van der Waals surface area contributed by atoms with Gasteiger partial charge in [-0.25, -0.2) is 9.97 Å². The number of benzene rings is 1. The van der Waals surface area contributed by atoms with Crippen molar-refractivity contribution in [2.24, 2.45) is 5.92 Å². The lowest BCUT2D eigenvalue weighted by Crippen LogP contribution is -2.38. The molecule has 1 aromatic carbocycles. The summed E-state index contributed by atoms with van der Waals surface area (Å²) >= 11 is 0. The van der Waals surface area contributed by atoms with E-state index in [1.807, 2.05) is 22.9 Å². The van der Waals surface area contributed by atoms with Gasteiger partial charge < -0.3 is 19.7 Å². The van der Waals surface area contributed by atoms with Crippen molar-refractivity contribution in [2.75, 3.05) is 25.6 Å². The van der Waals surface area contributed by atoms with E-state index in [9.17, 15) is 13.5 Å². The van der Waals surface area contributed by atoms with Gasteiger partial charge >= 0.3 is 10.3 Å². The number of aliphatic hydroxyl groups is 1. The van der Waals surface area contributed by atoms with Crippen molar-refractivity contribution in [2.45, 2.75) is 43.4 Å². The van der Waals surface area contributed by atoms with E-state index in [0.29, 0.717) is 19.4 Å². The first-order chi connectivity index (χ1) is 16.3. The second-order valence-corrected chi connectivity index (χ2v) is 10.5. The lowest BCUT2D eigenvalue weighted by molar-refractivity contribution is 0.133. The van der Waals surface area contributed by atoms with Crippen LogP contribution in [0.25, 0.3) is 11.0 Å². The fourth-order valence-electron chi connectivity index (χ4n) is 5.57. The van der Waals surface area contributed by atoms with Crippen LogP contribution in [-0.4, -0.2) is 59.0 Å². The highest BCUT2D eigenvalue weighted by Gasteiger charge is 2.40. The van der Waals surface area contributed by atoms with E-state index >= 15 is 0 Å². The van der Waals surface area contributed by atoms with Crippen LogP contribution in [0.3, 0.4) is 0 Å². The normalized spacial score (nSPS) is 26.7. The Labute approximate surface area is 198 Å². The summed E-state index contributed by atoms with van der Waals surface area (Å²) in [5, 5.41) is 15.0. The molecule has 2 heterocycles. The second kappa shape index (κ2) is 8.90. The van der Waals surface area contributed by atoms with Crippen molar-refractivity contribution in [3.8, 4) is 0 Å². The molecule has 0 unspecified atom stereocenters. The molecule has 2 aliphatic carbocycles. The van der Waals surface area contributed by atoms with Gasteiger partial charge in [-0.2, -0.15) is 13.1 Å². The minimum atomic E-state index is -4.30. The van der Waals surface area contributed by atoms with Crippen LogP contribution in [-0.2, 0) is 27.0 Å². The quantitative estimate of drug-likeness (QED) is 0.354. The van der Waals surface area contributed by atoms with Gasteiger partial charge in [-0.1, -0.05) is 24.3 Å². The summed E-state index contributed by atoms with van der Waals surface area (Å²) in [6.45, 7) is 0.490. The van der Waals surface area contributed by atoms with Gasteiger partial charge in [0.15, 0.2) is 0 Å². The van der Waals surface area contributed by atoms with Crippen molar-refractivity contribution in [3.05, 3.63) is 54.0 Å². The summed E-state index contributed by atoms with van der Waals surface area (Å²) in [7, 11) is -2.59. The molecule has 4 atom stereocenters. The van der Waals surface area contributed by atoms with Gasteiger partial charge in [-0.05, 0) is 42.9 Å². The molecular weight excluding hydrogens is 458 g/mol. The number of nitrogens with one attached hydrogen (secondary N) is 2. The number of hydrogen-bond acceptors (Lipinski definition) is 7. The predicted molar refractivity (Wildman–Crippen MR) is 127 cm³/mol. The Kier molecular flexibility index (Phi) is 6.07. The summed E-state index contributed by atoms with van der Waals surface area (Å²) in [5.74, 6) is 0.421. The molecule has 0 amide bonds. The van der Waals surface area contributed by atoms with E-state index < -0.39 is 16.4 Å². The summed E-state index contributed by atoms with van der Waals surface area (Å²) in [6.07, 6.45) is 5.66. The van der Waals surface area contributed by atoms with E-state index in [-0.39, 0.29) is 24.0 Å². The number of hydrogen-bond donors (Lipinski definition) is 4. The molecule has 34 heavy (non-hydrogen) atoms. The van der Waals surface area contributed by atoms with Gasteiger partial charge in [0, 0.05) is 31.8 Å². The second-order valence-electron chi connectivity index (χ2n) is 9.26. The van der Waals surface area contributed by atoms with Crippen LogP contribution in [0.2, 0.25) is 0 Å². The van der Waals surface area contributed by atoms with Crippen molar-refractivity contribution < 1.29 is 22.8 Å². The Hall–Kier alpha value is -2.57. The topological polar surface area (TPSA) is 139 Å². The highest BCUT2D eigenvalue weighted by atomic mass is 32.2. The number of aromatic nitrogens is 3. The predicted octanol–water partition coefficient (Wildman–Crippen LogP) is 2.04. The van der Waals surface area contributed by atoms with Gasteiger partial charge in [0.1, 0.15) is 17.8 Å². The first-order valence-corrected chi connectivity index (χ1v) is 12.8. The molecule has 11 heteroatoms. The Morgan fingerprint density at radius 2 is 2.06 bits per heavy atom. The average molecular weight is 488 g/mol. The number of aryl methyl sites for hydroxylation is 1. The van der Waals surface area contributed by atoms with E-state index in [1.165, 1.54) is 17.5 Å². The number of fused-ring (bicyclic) bond motifs is 2. The number of rotatable bonds is 8. The van der Waals surface area contributed by atoms with Gasteiger partial charge in [-0.3, -0.25) is 4.55 Å². The van der Waals surface area contributed by atoms with Crippen molar-refractivity contribution in [1.29, 1.82) is 0 Å². The molecule has 2 aliphatic rings. The molecule has 0 radical (unpaired) electrons. The monoisotopic (exact) mass is 487 g/mol. The molecular formula is C23H29N5O5S. The minimum absolute atomic E-state index is 0.0174. The number of ether oxygens (including phenoxy) is 1. The Balaban J connectivity index is 1.42. The molecule has 2 aromatic heterocycles. The largest absolute Gasteiger partial charge is 0.393 e. The third-order valence-corrected chi connectivity index (χ3v) is 7.70. The summed E-state index contributed by atoms with van der Waals surface area (Å²) in [6, 6.07) is 10.3. The fraction of sp³-hybridized carbons (Fsp3) is 0.478. The molecule has 4 N–H and O–H groups in total. The van der Waals surface area contributed by atoms with Crippen LogP contribution in [0.4, 0.5) is 5.82 Å². The first-order valence-electron chi connectivity index (χ1n) is 11.4. The van der Waals surface area contributed by atoms with E-state index in [2.05, 4.69) is 38.2 Å². The molecule has 3 aromatic rings. The van der Waals surface area contributed by atoms with Crippen LogP contribution < -0.4 is 10.0 Å².